The third kappa shape index (κ3) is 4.82. The van der Waals surface area contributed by atoms with E-state index < -0.39 is 6.10 Å². The second-order valence-electron chi connectivity index (χ2n) is 9.39. The number of hydrogen-bond acceptors (Lipinski definition) is 5. The number of para-hydroxylation sites is 1. The zero-order valence-electron chi connectivity index (χ0n) is 19.8. The maximum atomic E-state index is 13.8. The highest BCUT2D eigenvalue weighted by atomic mass is 19.1. The molecule has 0 spiro atoms. The highest BCUT2D eigenvalue weighted by Crippen LogP contribution is 2.34. The van der Waals surface area contributed by atoms with Gasteiger partial charge in [-0.05, 0) is 61.2 Å². The van der Waals surface area contributed by atoms with Gasteiger partial charge >= 0.3 is 5.97 Å². The number of aromatic nitrogens is 3. The molecule has 0 saturated carbocycles. The van der Waals surface area contributed by atoms with E-state index in [-0.39, 0.29) is 30.2 Å². The number of carbonyl (C=O) groups is 1. The molecule has 1 fully saturated rings. The van der Waals surface area contributed by atoms with Crippen molar-refractivity contribution in [2.24, 2.45) is 0 Å². The van der Waals surface area contributed by atoms with Crippen molar-refractivity contribution < 1.29 is 19.0 Å². The van der Waals surface area contributed by atoms with Gasteiger partial charge in [-0.25, -0.2) is 14.1 Å². The van der Waals surface area contributed by atoms with Crippen LogP contribution >= 0.6 is 0 Å². The van der Waals surface area contributed by atoms with Crippen molar-refractivity contribution in [1.82, 2.24) is 14.8 Å². The Morgan fingerprint density at radius 1 is 1.11 bits per heavy atom. The van der Waals surface area contributed by atoms with E-state index in [0.29, 0.717) is 25.1 Å². The number of nitrogens with zero attached hydrogens (tertiary/aromatic N) is 3. The number of fused-ring (bicyclic) bond motifs is 1. The summed E-state index contributed by atoms with van der Waals surface area (Å²) in [6.07, 6.45) is 0.600. The fraction of sp³-hybridized carbons (Fsp3) is 0.321. The Hall–Kier alpha value is -3.58. The van der Waals surface area contributed by atoms with Crippen LogP contribution in [-0.4, -0.2) is 38.0 Å². The number of benzene rings is 2. The minimum Gasteiger partial charge on any atom is -0.462 e. The van der Waals surface area contributed by atoms with Crippen LogP contribution in [0.15, 0.2) is 60.7 Å². The van der Waals surface area contributed by atoms with E-state index in [1.54, 1.807) is 12.1 Å². The quantitative estimate of drug-likeness (QED) is 0.382. The number of carbonyl (C=O) groups excluding carboxylic acids is 1. The zero-order valence-corrected chi connectivity index (χ0v) is 19.8. The number of pyridine rings is 1. The average Bonchev–Trinajstić information content (AvgIpc) is 3.22. The first kappa shape index (κ1) is 23.2. The summed E-state index contributed by atoms with van der Waals surface area (Å²) in [4.78, 5) is 16.7. The lowest BCUT2D eigenvalue weighted by atomic mass is 9.93. The van der Waals surface area contributed by atoms with Crippen molar-refractivity contribution in [3.63, 3.8) is 0 Å². The minimum atomic E-state index is -0.674. The number of esters is 1. The molecule has 0 radical (unpaired) electrons. The molecule has 2 aromatic carbocycles. The molecule has 0 amide bonds. The van der Waals surface area contributed by atoms with Gasteiger partial charge in [-0.15, -0.1) is 0 Å². The predicted molar refractivity (Wildman–Crippen MR) is 132 cm³/mol. The molecule has 180 valence electrons. The van der Waals surface area contributed by atoms with E-state index in [1.165, 1.54) is 12.1 Å². The third-order valence-electron chi connectivity index (χ3n) is 6.43. The Balaban J connectivity index is 1.62. The molecule has 0 aliphatic carbocycles. The van der Waals surface area contributed by atoms with Gasteiger partial charge in [0.1, 0.15) is 11.9 Å². The van der Waals surface area contributed by atoms with Gasteiger partial charge < -0.3 is 9.84 Å². The maximum absolute atomic E-state index is 13.8. The Bertz CT molecular complexity index is 1360. The SMILES string of the molecule is CC(C)c1nn(-c2ccc3ccccc3n2)c(-c2ccc(F)cc2)c1CCC1CC(O)CC(=O)O1. The first-order chi connectivity index (χ1) is 16.9. The van der Waals surface area contributed by atoms with Gasteiger partial charge in [0.05, 0.1) is 29.4 Å². The van der Waals surface area contributed by atoms with Crippen molar-refractivity contribution in [2.75, 3.05) is 0 Å². The summed E-state index contributed by atoms with van der Waals surface area (Å²) >= 11 is 0. The standard InChI is InChI=1S/C28H28FN3O3/c1-17(2)27-23(13-12-22-15-21(33)16-26(34)35-22)28(19-7-10-20(29)11-8-19)32(31-27)25-14-9-18-5-3-4-6-24(18)30-25/h3-11,14,17,21-22,33H,12-13,15-16H2,1-2H3. The van der Waals surface area contributed by atoms with Crippen LogP contribution in [0.4, 0.5) is 4.39 Å². The van der Waals surface area contributed by atoms with E-state index in [2.05, 4.69) is 13.8 Å². The number of halogens is 1. The lowest BCUT2D eigenvalue weighted by molar-refractivity contribution is -0.160. The van der Waals surface area contributed by atoms with Crippen LogP contribution in [0.2, 0.25) is 0 Å². The van der Waals surface area contributed by atoms with E-state index in [9.17, 15) is 14.3 Å². The summed E-state index contributed by atoms with van der Waals surface area (Å²) in [5.74, 6) is 0.131. The highest BCUT2D eigenvalue weighted by Gasteiger charge is 2.29. The Morgan fingerprint density at radius 2 is 1.89 bits per heavy atom. The van der Waals surface area contributed by atoms with E-state index in [1.807, 2.05) is 41.1 Å². The maximum Gasteiger partial charge on any atom is 0.308 e. The Morgan fingerprint density at radius 3 is 2.63 bits per heavy atom. The van der Waals surface area contributed by atoms with Gasteiger partial charge in [0, 0.05) is 22.9 Å². The fourth-order valence-electron chi connectivity index (χ4n) is 4.76. The predicted octanol–water partition coefficient (Wildman–Crippen LogP) is 5.35. The van der Waals surface area contributed by atoms with Gasteiger partial charge in [0.2, 0.25) is 0 Å². The molecule has 0 bridgehead atoms. The first-order valence-corrected chi connectivity index (χ1v) is 12.0. The molecule has 3 heterocycles. The number of ether oxygens (including phenoxy) is 1. The summed E-state index contributed by atoms with van der Waals surface area (Å²) in [6.45, 7) is 4.17. The summed E-state index contributed by atoms with van der Waals surface area (Å²) < 4.78 is 21.1. The molecule has 1 aliphatic heterocycles. The molecule has 1 N–H and O–H groups in total. The van der Waals surface area contributed by atoms with Crippen LogP contribution in [0.25, 0.3) is 28.0 Å². The largest absolute Gasteiger partial charge is 0.462 e. The zero-order chi connectivity index (χ0) is 24.5. The van der Waals surface area contributed by atoms with Crippen molar-refractivity contribution in [3.05, 3.63) is 77.7 Å². The fourth-order valence-corrected chi connectivity index (χ4v) is 4.76. The van der Waals surface area contributed by atoms with Gasteiger partial charge in [-0.1, -0.05) is 32.0 Å². The second-order valence-corrected chi connectivity index (χ2v) is 9.39. The molecule has 7 heteroatoms. The molecule has 35 heavy (non-hydrogen) atoms. The molecule has 2 unspecified atom stereocenters. The van der Waals surface area contributed by atoms with Crippen LogP contribution in [-0.2, 0) is 16.0 Å². The number of aliphatic hydroxyl groups is 1. The van der Waals surface area contributed by atoms with Gasteiger partial charge in [-0.3, -0.25) is 4.79 Å². The van der Waals surface area contributed by atoms with Crippen molar-refractivity contribution in [1.29, 1.82) is 0 Å². The monoisotopic (exact) mass is 473 g/mol. The smallest absolute Gasteiger partial charge is 0.308 e. The molecule has 2 atom stereocenters. The van der Waals surface area contributed by atoms with Gasteiger partial charge in [0.25, 0.3) is 0 Å². The van der Waals surface area contributed by atoms with Crippen LogP contribution in [0.5, 0.6) is 0 Å². The van der Waals surface area contributed by atoms with Crippen LogP contribution in [0.1, 0.15) is 50.3 Å². The summed E-state index contributed by atoms with van der Waals surface area (Å²) in [5, 5.41) is 16.0. The second kappa shape index (κ2) is 9.58. The van der Waals surface area contributed by atoms with Gasteiger partial charge in [-0.2, -0.15) is 5.10 Å². The van der Waals surface area contributed by atoms with E-state index in [0.717, 1.165) is 33.4 Å². The molecular weight excluding hydrogens is 445 g/mol. The van der Waals surface area contributed by atoms with E-state index >= 15 is 0 Å². The third-order valence-corrected chi connectivity index (χ3v) is 6.43. The van der Waals surface area contributed by atoms with Crippen molar-refractivity contribution in [2.45, 2.75) is 57.7 Å². The van der Waals surface area contributed by atoms with Crippen molar-refractivity contribution >= 4 is 16.9 Å². The molecular formula is C28H28FN3O3. The molecule has 2 aromatic heterocycles. The molecule has 1 saturated heterocycles. The number of cyclic esters (lactones) is 1. The van der Waals surface area contributed by atoms with Crippen molar-refractivity contribution in [3.8, 4) is 17.1 Å². The van der Waals surface area contributed by atoms with Crippen LogP contribution in [0.3, 0.4) is 0 Å². The summed E-state index contributed by atoms with van der Waals surface area (Å²) in [7, 11) is 0. The summed E-state index contributed by atoms with van der Waals surface area (Å²) in [6, 6.07) is 18.3. The minimum absolute atomic E-state index is 0.0418. The molecule has 4 aromatic rings. The first-order valence-electron chi connectivity index (χ1n) is 12.0. The number of hydrogen-bond donors (Lipinski definition) is 1. The average molecular weight is 474 g/mol. The van der Waals surface area contributed by atoms with E-state index in [4.69, 9.17) is 14.8 Å². The lowest BCUT2D eigenvalue weighted by Crippen LogP contribution is -2.32. The Kier molecular flexibility index (Phi) is 6.34. The number of aliphatic hydroxyl groups excluding tert-OH is 1. The number of rotatable bonds is 6. The highest BCUT2D eigenvalue weighted by molar-refractivity contribution is 5.79. The topological polar surface area (TPSA) is 77.2 Å². The van der Waals surface area contributed by atoms with Crippen LogP contribution < -0.4 is 0 Å². The normalized spacial score (nSPS) is 18.3. The lowest BCUT2D eigenvalue weighted by Gasteiger charge is -2.26. The molecule has 5 rings (SSSR count). The summed E-state index contributed by atoms with van der Waals surface area (Å²) in [5.41, 5.74) is 4.47. The van der Waals surface area contributed by atoms with Gasteiger partial charge in [0.15, 0.2) is 5.82 Å². The Labute approximate surface area is 203 Å². The van der Waals surface area contributed by atoms with Crippen LogP contribution in [0, 0.1) is 5.82 Å². The molecule has 6 nitrogen and oxygen atoms in total. The molecule has 1 aliphatic rings.